The molecule has 1 atom stereocenters. The van der Waals surface area contributed by atoms with E-state index in [0.717, 1.165) is 5.56 Å². The molecule has 0 aliphatic rings. The van der Waals surface area contributed by atoms with Gasteiger partial charge in [0.25, 0.3) is 0 Å². The van der Waals surface area contributed by atoms with E-state index in [-0.39, 0.29) is 11.1 Å². The van der Waals surface area contributed by atoms with Crippen molar-refractivity contribution in [3.05, 3.63) is 29.8 Å². The number of hydrogen-bond acceptors (Lipinski definition) is 4. The number of aliphatic carboxylic acids is 1. The summed E-state index contributed by atoms with van der Waals surface area (Å²) in [5.41, 5.74) is 6.54. The summed E-state index contributed by atoms with van der Waals surface area (Å²) in [7, 11) is -3.37. The lowest BCUT2D eigenvalue weighted by Gasteiger charge is -2.08. The van der Waals surface area contributed by atoms with Gasteiger partial charge in [-0.25, -0.2) is 8.42 Å². The molecule has 1 aromatic rings. The second-order valence-electron chi connectivity index (χ2n) is 3.67. The average Bonchev–Trinajstić information content (AvgIpc) is 2.31. The lowest BCUT2D eigenvalue weighted by Crippen LogP contribution is -2.32. The molecule has 1 aromatic carbocycles. The minimum atomic E-state index is -3.37. The third kappa shape index (κ3) is 4.63. The number of alkyl halides is 1. The van der Waals surface area contributed by atoms with Gasteiger partial charge >= 0.3 is 5.97 Å². The first-order valence-corrected chi connectivity index (χ1v) is 7.75. The van der Waals surface area contributed by atoms with Gasteiger partial charge in [-0.05, 0) is 24.1 Å². The van der Waals surface area contributed by atoms with Crippen molar-refractivity contribution in [2.75, 3.05) is 9.38 Å². The van der Waals surface area contributed by atoms with Gasteiger partial charge in [0.05, 0.1) is 0 Å². The summed E-state index contributed by atoms with van der Waals surface area (Å²) in [6.07, 6.45) is 0.195. The summed E-state index contributed by atoms with van der Waals surface area (Å²) < 4.78 is 24.7. The van der Waals surface area contributed by atoms with Gasteiger partial charge in [0.1, 0.15) is 10.7 Å². The van der Waals surface area contributed by atoms with Crippen LogP contribution in [-0.4, -0.2) is 30.2 Å². The lowest BCUT2D eigenvalue weighted by atomic mass is 10.1. The van der Waals surface area contributed by atoms with Gasteiger partial charge in [0.2, 0.25) is 10.0 Å². The molecule has 0 radical (unpaired) electrons. The summed E-state index contributed by atoms with van der Waals surface area (Å²) >= 11 is 2.86. The van der Waals surface area contributed by atoms with Crippen LogP contribution in [-0.2, 0) is 21.2 Å². The Morgan fingerprint density at radius 1 is 1.39 bits per heavy atom. The SMILES string of the molecule is NC(Cc1ccc(NS(=O)(=O)CBr)cc1)C(=O)O. The molecular formula is C10H13BrN2O4S. The van der Waals surface area contributed by atoms with Gasteiger partial charge in [0, 0.05) is 5.69 Å². The van der Waals surface area contributed by atoms with Crippen molar-refractivity contribution in [1.82, 2.24) is 0 Å². The molecule has 18 heavy (non-hydrogen) atoms. The molecule has 0 saturated heterocycles. The number of anilines is 1. The summed E-state index contributed by atoms with van der Waals surface area (Å²) in [6.45, 7) is 0. The first-order chi connectivity index (χ1) is 8.34. The maximum Gasteiger partial charge on any atom is 0.320 e. The Bertz CT molecular complexity index is 515. The summed E-state index contributed by atoms with van der Waals surface area (Å²) in [4.78, 5) is 10.6. The van der Waals surface area contributed by atoms with E-state index in [1.165, 1.54) is 0 Å². The van der Waals surface area contributed by atoms with Crippen LogP contribution in [0.5, 0.6) is 0 Å². The second kappa shape index (κ2) is 6.17. The highest BCUT2D eigenvalue weighted by atomic mass is 79.9. The highest BCUT2D eigenvalue weighted by Gasteiger charge is 2.12. The molecule has 0 bridgehead atoms. The van der Waals surface area contributed by atoms with Crippen molar-refractivity contribution in [1.29, 1.82) is 0 Å². The van der Waals surface area contributed by atoms with Crippen molar-refractivity contribution < 1.29 is 18.3 Å². The second-order valence-corrected chi connectivity index (χ2v) is 6.70. The zero-order valence-electron chi connectivity index (χ0n) is 9.34. The summed E-state index contributed by atoms with van der Waals surface area (Å²) in [5, 5.41) is 8.66. The van der Waals surface area contributed by atoms with Crippen LogP contribution in [0.2, 0.25) is 0 Å². The lowest BCUT2D eigenvalue weighted by molar-refractivity contribution is -0.138. The number of hydrogen-bond donors (Lipinski definition) is 3. The number of carboxylic acids is 1. The van der Waals surface area contributed by atoms with Gasteiger partial charge in [-0.1, -0.05) is 28.1 Å². The number of nitrogens with one attached hydrogen (secondary N) is 1. The van der Waals surface area contributed by atoms with Crippen LogP contribution < -0.4 is 10.5 Å². The smallest absolute Gasteiger partial charge is 0.320 e. The number of sulfonamides is 1. The Morgan fingerprint density at radius 2 is 1.94 bits per heavy atom. The molecule has 0 aliphatic carbocycles. The van der Waals surface area contributed by atoms with Crippen molar-refractivity contribution in [3.8, 4) is 0 Å². The summed E-state index contributed by atoms with van der Waals surface area (Å²) in [6, 6.07) is 5.42. The van der Waals surface area contributed by atoms with Crippen molar-refractivity contribution in [2.24, 2.45) is 5.73 Å². The molecule has 8 heteroatoms. The minimum Gasteiger partial charge on any atom is -0.480 e. The fourth-order valence-electron chi connectivity index (χ4n) is 1.26. The van der Waals surface area contributed by atoms with E-state index in [4.69, 9.17) is 10.8 Å². The van der Waals surface area contributed by atoms with Crippen molar-refractivity contribution in [2.45, 2.75) is 12.5 Å². The van der Waals surface area contributed by atoms with Crippen molar-refractivity contribution in [3.63, 3.8) is 0 Å². The first-order valence-electron chi connectivity index (χ1n) is 4.98. The molecule has 0 heterocycles. The highest BCUT2D eigenvalue weighted by Crippen LogP contribution is 2.13. The topological polar surface area (TPSA) is 109 Å². The molecule has 100 valence electrons. The van der Waals surface area contributed by atoms with E-state index in [0.29, 0.717) is 5.69 Å². The van der Waals surface area contributed by atoms with Gasteiger partial charge in [-0.2, -0.15) is 0 Å². The molecule has 4 N–H and O–H groups in total. The van der Waals surface area contributed by atoms with Gasteiger partial charge in [-0.15, -0.1) is 0 Å². The van der Waals surface area contributed by atoms with Gasteiger partial charge < -0.3 is 10.8 Å². The van der Waals surface area contributed by atoms with Crippen LogP contribution in [0.3, 0.4) is 0 Å². The highest BCUT2D eigenvalue weighted by molar-refractivity contribution is 9.10. The maximum atomic E-state index is 11.3. The standard InChI is InChI=1S/C10H13BrN2O4S/c11-6-18(16,17)13-8-3-1-7(2-4-8)5-9(12)10(14)15/h1-4,9,13H,5-6,12H2,(H,14,15). The average molecular weight is 337 g/mol. The fraction of sp³-hybridized carbons (Fsp3) is 0.300. The zero-order chi connectivity index (χ0) is 13.8. The Labute approximate surface area is 113 Å². The Morgan fingerprint density at radius 3 is 2.39 bits per heavy atom. The molecular weight excluding hydrogens is 324 g/mol. The van der Waals surface area contributed by atoms with Crippen LogP contribution >= 0.6 is 15.9 Å². The number of rotatable bonds is 6. The number of carboxylic acid groups (broad SMARTS) is 1. The number of benzene rings is 1. The van der Waals surface area contributed by atoms with E-state index < -0.39 is 22.0 Å². The molecule has 0 saturated carbocycles. The third-order valence-corrected chi connectivity index (χ3v) is 4.79. The number of carbonyl (C=O) groups is 1. The molecule has 1 unspecified atom stereocenters. The van der Waals surface area contributed by atoms with Crippen LogP contribution in [0.1, 0.15) is 5.56 Å². The van der Waals surface area contributed by atoms with Crippen molar-refractivity contribution >= 4 is 37.6 Å². The van der Waals surface area contributed by atoms with Gasteiger partial charge in [0.15, 0.2) is 0 Å². The minimum absolute atomic E-state index is 0.189. The maximum absolute atomic E-state index is 11.3. The molecule has 0 spiro atoms. The Kier molecular flexibility index (Phi) is 5.12. The van der Waals surface area contributed by atoms with Crippen LogP contribution in [0.15, 0.2) is 24.3 Å². The zero-order valence-corrected chi connectivity index (χ0v) is 11.7. The summed E-state index contributed by atoms with van der Waals surface area (Å²) in [5.74, 6) is -1.07. The largest absolute Gasteiger partial charge is 0.480 e. The first kappa shape index (κ1) is 14.9. The monoisotopic (exact) mass is 336 g/mol. The quantitative estimate of drug-likeness (QED) is 0.663. The number of halogens is 1. The fourth-order valence-corrected chi connectivity index (χ4v) is 2.15. The van der Waals surface area contributed by atoms with Crippen LogP contribution in [0, 0.1) is 0 Å². The third-order valence-electron chi connectivity index (χ3n) is 2.14. The van der Waals surface area contributed by atoms with Crippen LogP contribution in [0.25, 0.3) is 0 Å². The normalized spacial score (nSPS) is 13.0. The Balaban J connectivity index is 2.72. The van der Waals surface area contributed by atoms with E-state index in [1.54, 1.807) is 24.3 Å². The number of nitrogens with two attached hydrogens (primary N) is 1. The van der Waals surface area contributed by atoms with E-state index >= 15 is 0 Å². The predicted octanol–water partition coefficient (Wildman–Crippen LogP) is 0.735. The molecule has 0 aromatic heterocycles. The van der Waals surface area contributed by atoms with Crippen LogP contribution in [0.4, 0.5) is 5.69 Å². The Hall–Kier alpha value is -1.12. The molecule has 1 rings (SSSR count). The molecule has 0 aliphatic heterocycles. The van der Waals surface area contributed by atoms with E-state index in [9.17, 15) is 13.2 Å². The van der Waals surface area contributed by atoms with Gasteiger partial charge in [-0.3, -0.25) is 9.52 Å². The van der Waals surface area contributed by atoms with E-state index in [2.05, 4.69) is 20.7 Å². The molecule has 0 fully saturated rings. The van der Waals surface area contributed by atoms with E-state index in [1.807, 2.05) is 0 Å². The predicted molar refractivity (Wildman–Crippen MR) is 72.1 cm³/mol. The molecule has 0 amide bonds. The molecule has 6 nitrogen and oxygen atoms in total.